The number of hydrogen-bond donors (Lipinski definition) is 0. The Morgan fingerprint density at radius 3 is 2.90 bits per heavy atom. The summed E-state index contributed by atoms with van der Waals surface area (Å²) in [7, 11) is 0. The maximum absolute atomic E-state index is 12.2. The lowest BCUT2D eigenvalue weighted by Crippen LogP contribution is -2.19. The van der Waals surface area contributed by atoms with E-state index in [0.717, 1.165) is 19.3 Å². The quantitative estimate of drug-likeness (QED) is 0.360. The molecule has 7 nitrogen and oxygen atoms in total. The molecule has 21 heavy (non-hydrogen) atoms. The van der Waals surface area contributed by atoms with E-state index in [9.17, 15) is 14.9 Å². The average molecular weight is 293 g/mol. The summed E-state index contributed by atoms with van der Waals surface area (Å²) in [6.45, 7) is 3.96. The SMILES string of the molecule is CCn1nc(C)c([N+](=O)[O-])c1C(=O)OC[C@@H]1CC=CCC1. The maximum atomic E-state index is 12.2. The van der Waals surface area contributed by atoms with Gasteiger partial charge in [0, 0.05) is 6.54 Å². The van der Waals surface area contributed by atoms with E-state index < -0.39 is 10.9 Å². The summed E-state index contributed by atoms with van der Waals surface area (Å²) in [6.07, 6.45) is 7.01. The Labute approximate surface area is 122 Å². The van der Waals surface area contributed by atoms with Crippen LogP contribution in [0.3, 0.4) is 0 Å². The van der Waals surface area contributed by atoms with Gasteiger partial charge in [0.15, 0.2) is 0 Å². The molecule has 0 saturated carbocycles. The van der Waals surface area contributed by atoms with Crippen molar-refractivity contribution >= 4 is 11.7 Å². The first-order valence-electron chi connectivity index (χ1n) is 7.08. The number of ether oxygens (including phenoxy) is 1. The van der Waals surface area contributed by atoms with Crippen molar-refractivity contribution in [3.63, 3.8) is 0 Å². The Kier molecular flexibility index (Phi) is 4.72. The Balaban J connectivity index is 2.14. The van der Waals surface area contributed by atoms with Crippen LogP contribution in [0.25, 0.3) is 0 Å². The summed E-state index contributed by atoms with van der Waals surface area (Å²) in [5, 5.41) is 15.1. The van der Waals surface area contributed by atoms with Crippen LogP contribution in [0.2, 0.25) is 0 Å². The number of hydrogen-bond acceptors (Lipinski definition) is 5. The lowest BCUT2D eigenvalue weighted by atomic mass is 9.95. The molecule has 1 heterocycles. The van der Waals surface area contributed by atoms with E-state index in [4.69, 9.17) is 4.74 Å². The summed E-state index contributed by atoms with van der Waals surface area (Å²) in [5.74, 6) is -0.379. The molecular formula is C14H19N3O4. The van der Waals surface area contributed by atoms with E-state index in [1.165, 1.54) is 11.6 Å². The second-order valence-corrected chi connectivity index (χ2v) is 5.10. The minimum Gasteiger partial charge on any atom is -0.460 e. The normalized spacial score (nSPS) is 17.7. The second-order valence-electron chi connectivity index (χ2n) is 5.10. The summed E-state index contributed by atoms with van der Waals surface area (Å²) >= 11 is 0. The number of aromatic nitrogens is 2. The number of esters is 1. The van der Waals surface area contributed by atoms with Crippen molar-refractivity contribution in [2.45, 2.75) is 39.7 Å². The largest absolute Gasteiger partial charge is 0.460 e. The van der Waals surface area contributed by atoms with Crippen molar-refractivity contribution in [2.24, 2.45) is 5.92 Å². The number of aryl methyl sites for hydroxylation is 2. The molecule has 114 valence electrons. The molecule has 7 heteroatoms. The Morgan fingerprint density at radius 2 is 2.33 bits per heavy atom. The monoisotopic (exact) mass is 293 g/mol. The van der Waals surface area contributed by atoms with Crippen molar-refractivity contribution in [3.05, 3.63) is 33.7 Å². The third kappa shape index (κ3) is 3.29. The van der Waals surface area contributed by atoms with Crippen LogP contribution in [0.4, 0.5) is 5.69 Å². The lowest BCUT2D eigenvalue weighted by Gasteiger charge is -2.17. The highest BCUT2D eigenvalue weighted by Gasteiger charge is 2.31. The molecule has 0 unspecified atom stereocenters. The highest BCUT2D eigenvalue weighted by molar-refractivity contribution is 5.92. The van der Waals surface area contributed by atoms with Crippen molar-refractivity contribution in [1.82, 2.24) is 9.78 Å². The van der Waals surface area contributed by atoms with Gasteiger partial charge >= 0.3 is 11.7 Å². The van der Waals surface area contributed by atoms with Gasteiger partial charge in [-0.2, -0.15) is 5.10 Å². The predicted molar refractivity (Wildman–Crippen MR) is 76.1 cm³/mol. The smallest absolute Gasteiger partial charge is 0.363 e. The molecule has 0 bridgehead atoms. The van der Waals surface area contributed by atoms with Crippen LogP contribution in [-0.2, 0) is 11.3 Å². The molecule has 1 atom stereocenters. The number of nitrogens with zero attached hydrogens (tertiary/aromatic N) is 3. The first-order chi connectivity index (χ1) is 10.0. The van der Waals surface area contributed by atoms with Crippen molar-refractivity contribution < 1.29 is 14.5 Å². The predicted octanol–water partition coefficient (Wildman–Crippen LogP) is 2.63. The van der Waals surface area contributed by atoms with Gasteiger partial charge in [0.05, 0.1) is 11.5 Å². The minimum atomic E-state index is -0.668. The van der Waals surface area contributed by atoms with Crippen LogP contribution in [0, 0.1) is 23.0 Å². The molecule has 0 radical (unpaired) electrons. The zero-order chi connectivity index (χ0) is 15.4. The zero-order valence-electron chi connectivity index (χ0n) is 12.2. The molecule has 1 aliphatic carbocycles. The molecule has 1 aliphatic rings. The maximum Gasteiger partial charge on any atom is 0.363 e. The minimum absolute atomic E-state index is 0.0636. The van der Waals surface area contributed by atoms with Gasteiger partial charge in [0.1, 0.15) is 5.69 Å². The molecule has 2 rings (SSSR count). The Hall–Kier alpha value is -2.18. The van der Waals surface area contributed by atoms with Crippen LogP contribution >= 0.6 is 0 Å². The standard InChI is InChI=1S/C14H19N3O4/c1-3-16-13(12(17(19)20)10(2)15-16)14(18)21-9-11-7-5-4-6-8-11/h4-5,11H,3,6-9H2,1-2H3/t11-/m1/s1. The summed E-state index contributed by atoms with van der Waals surface area (Å²) in [6, 6.07) is 0. The van der Waals surface area contributed by atoms with Gasteiger partial charge in [-0.05, 0) is 39.0 Å². The van der Waals surface area contributed by atoms with Crippen LogP contribution in [-0.4, -0.2) is 27.3 Å². The number of allylic oxidation sites excluding steroid dienone is 2. The number of carbonyl (C=O) groups is 1. The van der Waals surface area contributed by atoms with E-state index in [1.807, 2.05) is 0 Å². The van der Waals surface area contributed by atoms with Crippen molar-refractivity contribution in [2.75, 3.05) is 6.61 Å². The summed E-state index contributed by atoms with van der Waals surface area (Å²) in [4.78, 5) is 22.7. The molecule has 0 N–H and O–H groups in total. The van der Waals surface area contributed by atoms with Crippen molar-refractivity contribution in [3.8, 4) is 0 Å². The van der Waals surface area contributed by atoms with E-state index in [0.29, 0.717) is 6.54 Å². The summed E-state index contributed by atoms with van der Waals surface area (Å²) < 4.78 is 6.61. The number of rotatable bonds is 5. The molecule has 0 spiro atoms. The first-order valence-corrected chi connectivity index (χ1v) is 7.08. The molecule has 0 amide bonds. The zero-order valence-corrected chi connectivity index (χ0v) is 12.2. The fraction of sp³-hybridized carbons (Fsp3) is 0.571. The molecule has 1 aromatic heterocycles. The number of nitro groups is 1. The molecule has 1 aromatic rings. The highest BCUT2D eigenvalue weighted by atomic mass is 16.6. The van der Waals surface area contributed by atoms with E-state index in [1.54, 1.807) is 6.92 Å². The van der Waals surface area contributed by atoms with E-state index in [2.05, 4.69) is 17.3 Å². The van der Waals surface area contributed by atoms with E-state index >= 15 is 0 Å². The molecule has 0 saturated heterocycles. The molecular weight excluding hydrogens is 274 g/mol. The van der Waals surface area contributed by atoms with Gasteiger partial charge in [0.2, 0.25) is 5.69 Å². The first kappa shape index (κ1) is 15.2. The Bertz CT molecular complexity index is 577. The second kappa shape index (κ2) is 6.51. The third-order valence-electron chi connectivity index (χ3n) is 3.60. The fourth-order valence-corrected chi connectivity index (χ4v) is 2.49. The van der Waals surface area contributed by atoms with Crippen LogP contribution in [0.1, 0.15) is 42.4 Å². The van der Waals surface area contributed by atoms with Crippen LogP contribution in [0.5, 0.6) is 0 Å². The van der Waals surface area contributed by atoms with Gasteiger partial charge < -0.3 is 4.74 Å². The Morgan fingerprint density at radius 1 is 1.57 bits per heavy atom. The van der Waals surface area contributed by atoms with Gasteiger partial charge in [-0.1, -0.05) is 12.2 Å². The third-order valence-corrected chi connectivity index (χ3v) is 3.60. The van der Waals surface area contributed by atoms with Gasteiger partial charge in [-0.25, -0.2) is 4.79 Å². The molecule has 0 fully saturated rings. The average Bonchev–Trinajstić information content (AvgIpc) is 2.82. The van der Waals surface area contributed by atoms with E-state index in [-0.39, 0.29) is 29.6 Å². The van der Waals surface area contributed by atoms with Gasteiger partial charge in [-0.3, -0.25) is 14.8 Å². The van der Waals surface area contributed by atoms with Crippen molar-refractivity contribution in [1.29, 1.82) is 0 Å². The fourth-order valence-electron chi connectivity index (χ4n) is 2.49. The number of carbonyl (C=O) groups excluding carboxylic acids is 1. The topological polar surface area (TPSA) is 87.3 Å². The summed E-state index contributed by atoms with van der Waals surface area (Å²) in [5.41, 5.74) is -0.0915. The molecule has 0 aromatic carbocycles. The lowest BCUT2D eigenvalue weighted by molar-refractivity contribution is -0.385. The van der Waals surface area contributed by atoms with Gasteiger partial charge in [0.25, 0.3) is 0 Å². The van der Waals surface area contributed by atoms with Gasteiger partial charge in [-0.15, -0.1) is 0 Å². The molecule has 0 aliphatic heterocycles. The van der Waals surface area contributed by atoms with Crippen LogP contribution < -0.4 is 0 Å². The highest BCUT2D eigenvalue weighted by Crippen LogP contribution is 2.25. The van der Waals surface area contributed by atoms with Crippen LogP contribution in [0.15, 0.2) is 12.2 Å².